The quantitative estimate of drug-likeness (QED) is 0.432. The first-order valence-corrected chi connectivity index (χ1v) is 4.06. The summed E-state index contributed by atoms with van der Waals surface area (Å²) in [5, 5.41) is 0. The zero-order valence-corrected chi connectivity index (χ0v) is 8.28. The SMILES string of the molecule is C.C=C.C=C(C[CH2+])C[CH2-].[CH2+]CC[CH2-]. The fourth-order valence-electron chi connectivity index (χ4n) is 0.125. The fourth-order valence-corrected chi connectivity index (χ4v) is 0.125. The highest BCUT2D eigenvalue weighted by atomic mass is 13.8. The van der Waals surface area contributed by atoms with E-state index >= 15 is 0 Å². The average Bonchev–Trinajstić information content (AvgIpc) is 2.20. The van der Waals surface area contributed by atoms with E-state index < -0.39 is 0 Å². The van der Waals surface area contributed by atoms with Gasteiger partial charge in [0.1, 0.15) is 6.42 Å². The Kier molecular flexibility index (Phi) is 53.0. The number of hydrogen-bond donors (Lipinski definition) is 0. The van der Waals surface area contributed by atoms with Crippen molar-refractivity contribution in [2.45, 2.75) is 33.1 Å². The first-order valence-electron chi connectivity index (χ1n) is 4.06. The van der Waals surface area contributed by atoms with Gasteiger partial charge >= 0.3 is 0 Å². The third-order valence-corrected chi connectivity index (χ3v) is 0.957. The minimum atomic E-state index is 0. The predicted octanol–water partition coefficient (Wildman–Crippen LogP) is 4.86. The van der Waals surface area contributed by atoms with E-state index in [1.54, 1.807) is 0 Å². The molecule has 0 saturated heterocycles. The van der Waals surface area contributed by atoms with E-state index in [2.05, 4.69) is 47.4 Å². The molecule has 78 valence electrons. The van der Waals surface area contributed by atoms with Crippen LogP contribution in [0.5, 0.6) is 0 Å². The van der Waals surface area contributed by atoms with Crippen LogP contribution in [-0.2, 0) is 0 Å². The van der Waals surface area contributed by atoms with Crippen molar-refractivity contribution in [1.82, 2.24) is 0 Å². The number of hydrogen-bond acceptors (Lipinski definition) is 0. The van der Waals surface area contributed by atoms with Gasteiger partial charge in [-0.15, -0.1) is 19.6 Å². The van der Waals surface area contributed by atoms with Crippen LogP contribution in [0.15, 0.2) is 25.3 Å². The fraction of sp³-hybridized carbons (Fsp3) is 0.385. The highest BCUT2D eigenvalue weighted by molar-refractivity contribution is 4.95. The highest BCUT2D eigenvalue weighted by Gasteiger charge is 1.79. The molecule has 0 saturated carbocycles. The second kappa shape index (κ2) is 30.3. The van der Waals surface area contributed by atoms with Gasteiger partial charge in [0.2, 0.25) is 0 Å². The molecule has 0 atom stereocenters. The summed E-state index contributed by atoms with van der Waals surface area (Å²) < 4.78 is 0. The highest BCUT2D eigenvalue weighted by Crippen LogP contribution is 1.97. The summed E-state index contributed by atoms with van der Waals surface area (Å²) in [5.74, 6) is 0. The molecule has 0 aromatic heterocycles. The zero-order chi connectivity index (χ0) is 10.4. The maximum atomic E-state index is 3.67. The van der Waals surface area contributed by atoms with E-state index in [0.29, 0.717) is 0 Å². The molecule has 0 aromatic carbocycles. The Morgan fingerprint density at radius 1 is 1.15 bits per heavy atom. The van der Waals surface area contributed by atoms with Crippen LogP contribution >= 0.6 is 0 Å². The van der Waals surface area contributed by atoms with Crippen molar-refractivity contribution < 1.29 is 0 Å². The van der Waals surface area contributed by atoms with Crippen LogP contribution in [0, 0.1) is 27.7 Å². The molecule has 0 spiro atoms. The van der Waals surface area contributed by atoms with Crippen molar-refractivity contribution in [3.8, 4) is 0 Å². The van der Waals surface area contributed by atoms with Crippen molar-refractivity contribution in [2.24, 2.45) is 0 Å². The molecule has 0 aliphatic heterocycles. The maximum Gasteiger partial charge on any atom is 0.103 e. The molecular weight excluding hydrogens is 156 g/mol. The van der Waals surface area contributed by atoms with Crippen LogP contribution in [0.3, 0.4) is 0 Å². The molecule has 0 N–H and O–H groups in total. The number of rotatable bonds is 3. The van der Waals surface area contributed by atoms with Crippen LogP contribution < -0.4 is 0 Å². The summed E-state index contributed by atoms with van der Waals surface area (Å²) in [6.07, 6.45) is 3.56. The topological polar surface area (TPSA) is 0 Å². The van der Waals surface area contributed by atoms with Crippen LogP contribution in [0.2, 0.25) is 0 Å². The summed E-state index contributed by atoms with van der Waals surface area (Å²) in [5.41, 5.74) is 1.12. The van der Waals surface area contributed by atoms with E-state index in [0.717, 1.165) is 31.3 Å². The average molecular weight is 182 g/mol. The third kappa shape index (κ3) is 53.6. The lowest BCUT2D eigenvalue weighted by molar-refractivity contribution is 1.05. The standard InChI is InChI=1S/C6H10.C4H8.C2H4.CH4/c1-4-6(3)5-2;1-3-4-2;1-2;/h1-5H2;1-4H2;1-2H2;1H4. The largest absolute Gasteiger partial charge is 0.339 e. The van der Waals surface area contributed by atoms with Gasteiger partial charge in [-0.1, -0.05) is 19.6 Å². The molecule has 0 fully saturated rings. The molecule has 0 heterocycles. The molecule has 0 bridgehead atoms. The molecule has 0 heteroatoms. The van der Waals surface area contributed by atoms with Gasteiger partial charge in [-0.2, -0.15) is 6.42 Å². The summed E-state index contributed by atoms with van der Waals surface area (Å²) in [6.45, 7) is 24.0. The van der Waals surface area contributed by atoms with Crippen LogP contribution in [-0.4, -0.2) is 0 Å². The normalized spacial score (nSPS) is 6.31. The smallest absolute Gasteiger partial charge is 0.103 e. The summed E-state index contributed by atoms with van der Waals surface area (Å²) in [4.78, 5) is 0. The predicted molar refractivity (Wildman–Crippen MR) is 67.0 cm³/mol. The van der Waals surface area contributed by atoms with Gasteiger partial charge in [-0.25, -0.2) is 0 Å². The summed E-state index contributed by atoms with van der Waals surface area (Å²) >= 11 is 0. The lowest BCUT2D eigenvalue weighted by Gasteiger charge is -1.90. The Morgan fingerprint density at radius 2 is 1.46 bits per heavy atom. The first kappa shape index (κ1) is 22.8. The monoisotopic (exact) mass is 182 g/mol. The summed E-state index contributed by atoms with van der Waals surface area (Å²) in [6, 6.07) is 0. The Bertz CT molecular complexity index is 64.1. The molecule has 0 nitrogen and oxygen atoms in total. The number of allylic oxidation sites excluding steroid dienone is 1. The Morgan fingerprint density at radius 3 is 1.46 bits per heavy atom. The van der Waals surface area contributed by atoms with E-state index in [9.17, 15) is 0 Å². The van der Waals surface area contributed by atoms with Crippen LogP contribution in [0.4, 0.5) is 0 Å². The van der Waals surface area contributed by atoms with Crippen LogP contribution in [0.25, 0.3) is 0 Å². The van der Waals surface area contributed by atoms with Gasteiger partial charge in [-0.05, 0) is 0 Å². The van der Waals surface area contributed by atoms with Crippen molar-refractivity contribution in [3.63, 3.8) is 0 Å². The zero-order valence-electron chi connectivity index (χ0n) is 8.28. The van der Waals surface area contributed by atoms with Gasteiger partial charge in [0.05, 0.1) is 20.3 Å². The van der Waals surface area contributed by atoms with E-state index in [1.165, 1.54) is 0 Å². The van der Waals surface area contributed by atoms with E-state index in [4.69, 9.17) is 0 Å². The Labute approximate surface area is 86.8 Å². The maximum absolute atomic E-state index is 3.67. The van der Waals surface area contributed by atoms with Gasteiger partial charge < -0.3 is 13.8 Å². The Balaban J connectivity index is -0.0000000512. The molecule has 0 aliphatic carbocycles. The van der Waals surface area contributed by atoms with Crippen molar-refractivity contribution >= 4 is 0 Å². The van der Waals surface area contributed by atoms with Gasteiger partial charge in [-0.3, -0.25) is 0 Å². The third-order valence-electron chi connectivity index (χ3n) is 0.957. The summed E-state index contributed by atoms with van der Waals surface area (Å²) in [7, 11) is 0. The van der Waals surface area contributed by atoms with Crippen LogP contribution in [0.1, 0.15) is 33.1 Å². The first-order chi connectivity index (χ1) is 5.72. The van der Waals surface area contributed by atoms with Crippen molar-refractivity contribution in [3.05, 3.63) is 53.0 Å². The molecule has 0 radical (unpaired) electrons. The molecule has 0 rings (SSSR count). The molecule has 0 amide bonds. The molecular formula is C13H26. The second-order valence-electron chi connectivity index (χ2n) is 1.96. The lowest BCUT2D eigenvalue weighted by atomic mass is 10.2. The minimum Gasteiger partial charge on any atom is -0.339 e. The van der Waals surface area contributed by atoms with Crippen molar-refractivity contribution in [1.29, 1.82) is 0 Å². The van der Waals surface area contributed by atoms with Crippen molar-refractivity contribution in [2.75, 3.05) is 0 Å². The minimum absolute atomic E-state index is 0. The van der Waals surface area contributed by atoms with Gasteiger partial charge in [0, 0.05) is 0 Å². The molecule has 0 unspecified atom stereocenters. The van der Waals surface area contributed by atoms with E-state index in [1.807, 2.05) is 0 Å². The Hall–Kier alpha value is -0.780. The second-order valence-corrected chi connectivity index (χ2v) is 1.96. The lowest BCUT2D eigenvalue weighted by Crippen LogP contribution is -1.69. The van der Waals surface area contributed by atoms with E-state index in [-0.39, 0.29) is 7.43 Å². The van der Waals surface area contributed by atoms with Gasteiger partial charge in [0.25, 0.3) is 0 Å². The van der Waals surface area contributed by atoms with Gasteiger partial charge in [0.15, 0.2) is 0 Å². The molecule has 0 aromatic rings. The molecule has 13 heavy (non-hydrogen) atoms. The number of unbranched alkanes of at least 4 members (excludes halogenated alkanes) is 1. The molecule has 0 aliphatic rings.